The van der Waals surface area contributed by atoms with Gasteiger partial charge in [-0.1, -0.05) is 82.7 Å². The Morgan fingerprint density at radius 1 is 1.02 bits per heavy atom. The molecule has 0 saturated carbocycles. The van der Waals surface area contributed by atoms with Crippen molar-refractivity contribution < 1.29 is 19.0 Å². The number of fused-ring (bicyclic) bond motifs is 1. The minimum Gasteiger partial charge on any atom is -0.490 e. The molecule has 1 aliphatic heterocycles. The van der Waals surface area contributed by atoms with Gasteiger partial charge in [0.15, 0.2) is 16.3 Å². The normalized spacial score (nSPS) is 14.8. The highest BCUT2D eigenvalue weighted by Gasteiger charge is 2.33. The average molecular weight is 634 g/mol. The Hall–Kier alpha value is -3.95. The van der Waals surface area contributed by atoms with Gasteiger partial charge in [-0.3, -0.25) is 9.36 Å². The molecule has 0 spiro atoms. The minimum atomic E-state index is -0.634. The largest absolute Gasteiger partial charge is 0.490 e. The summed E-state index contributed by atoms with van der Waals surface area (Å²) >= 11 is 4.74. The molecule has 0 saturated heterocycles. The summed E-state index contributed by atoms with van der Waals surface area (Å²) in [7, 11) is 1.35. The number of ether oxygens (including phenoxy) is 3. The van der Waals surface area contributed by atoms with Gasteiger partial charge in [0.1, 0.15) is 6.61 Å². The Morgan fingerprint density at radius 2 is 1.78 bits per heavy atom. The lowest BCUT2D eigenvalue weighted by atomic mass is 9.95. The highest BCUT2D eigenvalue weighted by Crippen LogP contribution is 2.32. The number of aromatic nitrogens is 1. The molecule has 0 bridgehead atoms. The number of rotatable bonds is 9. The molecule has 0 radical (unpaired) electrons. The van der Waals surface area contributed by atoms with Crippen molar-refractivity contribution >= 4 is 39.3 Å². The van der Waals surface area contributed by atoms with Gasteiger partial charge in [-0.2, -0.15) is 0 Å². The second kappa shape index (κ2) is 12.7. The van der Waals surface area contributed by atoms with Crippen LogP contribution >= 0.6 is 27.3 Å². The summed E-state index contributed by atoms with van der Waals surface area (Å²) in [5, 5.41) is 0. The van der Waals surface area contributed by atoms with Gasteiger partial charge in [-0.05, 0) is 60.4 Å². The van der Waals surface area contributed by atoms with Crippen molar-refractivity contribution in [3.8, 4) is 11.5 Å². The second-order valence-corrected chi connectivity index (χ2v) is 11.2. The zero-order valence-corrected chi connectivity index (χ0v) is 25.3. The third-order valence-electron chi connectivity index (χ3n) is 6.64. The number of methoxy groups -OCH3 is 1. The maximum Gasteiger partial charge on any atom is 0.338 e. The number of esters is 1. The first-order valence-electron chi connectivity index (χ1n) is 13.3. The summed E-state index contributed by atoms with van der Waals surface area (Å²) < 4.78 is 20.2. The van der Waals surface area contributed by atoms with Crippen LogP contribution < -0.4 is 24.4 Å². The molecule has 5 rings (SSSR count). The third-order valence-corrected chi connectivity index (χ3v) is 8.15. The molecule has 3 aromatic carbocycles. The quantitative estimate of drug-likeness (QED) is 0.226. The van der Waals surface area contributed by atoms with Crippen LogP contribution in [0.5, 0.6) is 11.5 Å². The summed E-state index contributed by atoms with van der Waals surface area (Å²) in [5.74, 6) is 0.719. The molecule has 41 heavy (non-hydrogen) atoms. The van der Waals surface area contributed by atoms with Crippen molar-refractivity contribution in [2.75, 3.05) is 13.7 Å². The number of halogens is 1. The number of allylic oxidation sites excluding steroid dienone is 1. The molecule has 0 aliphatic carbocycles. The van der Waals surface area contributed by atoms with E-state index in [1.807, 2.05) is 92.7 Å². The van der Waals surface area contributed by atoms with Crippen LogP contribution in [0.2, 0.25) is 0 Å². The first kappa shape index (κ1) is 28.6. The molecule has 1 atom stereocenters. The lowest BCUT2D eigenvalue weighted by Gasteiger charge is -2.25. The summed E-state index contributed by atoms with van der Waals surface area (Å²) in [6, 6.07) is 22.4. The summed E-state index contributed by atoms with van der Waals surface area (Å²) in [4.78, 5) is 32.1. The van der Waals surface area contributed by atoms with E-state index in [0.717, 1.165) is 21.2 Å². The molecule has 9 heteroatoms. The Labute approximate surface area is 250 Å². The Balaban J connectivity index is 1.56. The third kappa shape index (κ3) is 6.06. The number of benzene rings is 3. The van der Waals surface area contributed by atoms with Gasteiger partial charge in [-0.15, -0.1) is 0 Å². The fourth-order valence-electron chi connectivity index (χ4n) is 4.71. The topological polar surface area (TPSA) is 79.1 Å². The zero-order valence-electron chi connectivity index (χ0n) is 22.9. The number of carbonyl (C=O) groups is 1. The molecule has 0 fully saturated rings. The molecule has 0 N–H and O–H groups in total. The number of carbonyl (C=O) groups excluding carboxylic acids is 1. The number of hydrogen-bond acceptors (Lipinski definition) is 7. The average Bonchev–Trinajstić information content (AvgIpc) is 3.30. The van der Waals surface area contributed by atoms with E-state index in [1.165, 1.54) is 18.4 Å². The standard InChI is InChI=1S/C32H29BrN2O5S/c1-4-24-28(31(37)38-3)29(22-9-7-6-8-10-22)35-30(36)27(41-32(35)34-24)18-21-13-16-25(26(17-21)39-5-2)40-19-20-11-14-23(33)15-12-20/h6-18,29H,4-5,19H2,1-3H3/b27-18-/t29-/m1/s1. The Kier molecular flexibility index (Phi) is 8.85. The second-order valence-electron chi connectivity index (χ2n) is 9.25. The van der Waals surface area contributed by atoms with Crippen molar-refractivity contribution in [3.63, 3.8) is 0 Å². The molecule has 1 aromatic heterocycles. The van der Waals surface area contributed by atoms with Crippen LogP contribution in [0, 0.1) is 0 Å². The van der Waals surface area contributed by atoms with Gasteiger partial charge in [0.2, 0.25) is 0 Å². The first-order valence-corrected chi connectivity index (χ1v) is 14.9. The van der Waals surface area contributed by atoms with Crippen LogP contribution in [-0.4, -0.2) is 24.3 Å². The van der Waals surface area contributed by atoms with E-state index in [1.54, 1.807) is 4.57 Å². The molecule has 4 aromatic rings. The van der Waals surface area contributed by atoms with Crippen LogP contribution in [0.1, 0.15) is 43.0 Å². The van der Waals surface area contributed by atoms with E-state index < -0.39 is 12.0 Å². The Morgan fingerprint density at radius 3 is 2.46 bits per heavy atom. The zero-order chi connectivity index (χ0) is 28.9. The maximum absolute atomic E-state index is 13.9. The van der Waals surface area contributed by atoms with E-state index in [2.05, 4.69) is 15.9 Å². The first-order chi connectivity index (χ1) is 19.9. The van der Waals surface area contributed by atoms with Crippen LogP contribution in [0.15, 0.2) is 98.3 Å². The lowest BCUT2D eigenvalue weighted by Crippen LogP contribution is -2.40. The molecule has 210 valence electrons. The van der Waals surface area contributed by atoms with E-state index in [-0.39, 0.29) is 5.56 Å². The summed E-state index contributed by atoms with van der Waals surface area (Å²) in [5.41, 5.74) is 3.40. The van der Waals surface area contributed by atoms with Gasteiger partial charge in [-0.25, -0.2) is 9.79 Å². The van der Waals surface area contributed by atoms with Crippen LogP contribution in [0.4, 0.5) is 0 Å². The molecule has 1 aliphatic rings. The SMILES string of the molecule is CCOc1cc(/C=c2\sc3n(c2=O)[C@H](c2ccccc2)C(C(=O)OC)=C(CC)N=3)ccc1OCc1ccc(Br)cc1. The van der Waals surface area contributed by atoms with Crippen molar-refractivity contribution in [2.45, 2.75) is 32.9 Å². The highest BCUT2D eigenvalue weighted by atomic mass is 79.9. The van der Waals surface area contributed by atoms with Crippen molar-refractivity contribution in [1.82, 2.24) is 4.57 Å². The molecule has 0 amide bonds. The molecule has 2 heterocycles. The Bertz CT molecular complexity index is 1780. The monoisotopic (exact) mass is 632 g/mol. The van der Waals surface area contributed by atoms with E-state index >= 15 is 0 Å². The fraction of sp³-hybridized carbons (Fsp3) is 0.219. The van der Waals surface area contributed by atoms with Gasteiger partial charge >= 0.3 is 5.97 Å². The molecule has 0 unspecified atom stereocenters. The predicted molar refractivity (Wildman–Crippen MR) is 163 cm³/mol. The number of thiazole rings is 1. The predicted octanol–water partition coefficient (Wildman–Crippen LogP) is 5.54. The van der Waals surface area contributed by atoms with Crippen molar-refractivity contribution in [1.29, 1.82) is 0 Å². The van der Waals surface area contributed by atoms with Crippen molar-refractivity contribution in [2.24, 2.45) is 4.99 Å². The minimum absolute atomic E-state index is 0.229. The van der Waals surface area contributed by atoms with Gasteiger partial charge in [0.05, 0.1) is 35.6 Å². The van der Waals surface area contributed by atoms with Crippen molar-refractivity contribution in [3.05, 3.63) is 125 Å². The number of hydrogen-bond donors (Lipinski definition) is 0. The van der Waals surface area contributed by atoms with Gasteiger partial charge < -0.3 is 14.2 Å². The summed E-state index contributed by atoms with van der Waals surface area (Å²) in [6.07, 6.45) is 2.35. The molecular weight excluding hydrogens is 604 g/mol. The van der Waals surface area contributed by atoms with Gasteiger partial charge in [0, 0.05) is 4.47 Å². The lowest BCUT2D eigenvalue weighted by molar-refractivity contribution is -0.136. The molecular formula is C32H29BrN2O5S. The van der Waals surface area contributed by atoms with Crippen LogP contribution in [0.3, 0.4) is 0 Å². The summed E-state index contributed by atoms with van der Waals surface area (Å²) in [6.45, 7) is 4.71. The smallest absolute Gasteiger partial charge is 0.338 e. The molecule has 7 nitrogen and oxygen atoms in total. The number of nitrogens with zero attached hydrogens (tertiary/aromatic N) is 2. The highest BCUT2D eigenvalue weighted by molar-refractivity contribution is 9.10. The maximum atomic E-state index is 13.9. The van der Waals surface area contributed by atoms with E-state index in [9.17, 15) is 9.59 Å². The van der Waals surface area contributed by atoms with Crippen LogP contribution in [-0.2, 0) is 16.1 Å². The van der Waals surface area contributed by atoms with E-state index in [0.29, 0.717) is 51.7 Å². The van der Waals surface area contributed by atoms with Crippen LogP contribution in [0.25, 0.3) is 6.08 Å². The van der Waals surface area contributed by atoms with Gasteiger partial charge in [0.25, 0.3) is 5.56 Å². The van der Waals surface area contributed by atoms with E-state index in [4.69, 9.17) is 19.2 Å². The fourth-order valence-corrected chi connectivity index (χ4v) is 5.99.